The molecule has 11 heteroatoms. The third-order valence-electron chi connectivity index (χ3n) is 4.20. The van der Waals surface area contributed by atoms with Crippen molar-refractivity contribution in [1.82, 2.24) is 19.7 Å². The first-order chi connectivity index (χ1) is 13.3. The van der Waals surface area contributed by atoms with Crippen LogP contribution in [0.3, 0.4) is 0 Å². The van der Waals surface area contributed by atoms with Crippen molar-refractivity contribution in [2.45, 2.75) is 31.6 Å². The Bertz CT molecular complexity index is 916. The molecule has 152 valence electrons. The minimum atomic E-state index is -3.86. The lowest BCUT2D eigenvalue weighted by Crippen LogP contribution is -2.32. The number of anilines is 1. The molecule has 8 nitrogen and oxygen atoms in total. The number of nitrogens with zero attached hydrogens (tertiary/aromatic N) is 4. The lowest BCUT2D eigenvalue weighted by molar-refractivity contribution is 0.374. The number of ether oxygens (including phenoxy) is 1. The van der Waals surface area contributed by atoms with Gasteiger partial charge in [0.2, 0.25) is 16.0 Å². The fraction of sp³-hybridized carbons (Fsp3) is 0.471. The molecule has 1 aliphatic heterocycles. The summed E-state index contributed by atoms with van der Waals surface area (Å²) in [6.45, 7) is 1.42. The van der Waals surface area contributed by atoms with Gasteiger partial charge in [-0.2, -0.15) is 15.0 Å². The molecule has 28 heavy (non-hydrogen) atoms. The van der Waals surface area contributed by atoms with E-state index in [0.29, 0.717) is 12.0 Å². The molecule has 2 heterocycles. The molecule has 1 aromatic heterocycles. The third-order valence-corrected chi connectivity index (χ3v) is 5.50. The Hall–Kier alpha value is -2.40. The molecule has 0 unspecified atom stereocenters. The maximum atomic E-state index is 13.3. The lowest BCUT2D eigenvalue weighted by atomic mass is 10.1. The SMILES string of the molecule is COc1nc(CNS(=O)(=O)Cc2cc(F)cc(F)c2)nc(N2CCCCC2)n1. The van der Waals surface area contributed by atoms with Gasteiger partial charge in [0.15, 0.2) is 5.82 Å². The van der Waals surface area contributed by atoms with Crippen LogP contribution in [0.2, 0.25) is 0 Å². The molecular formula is C17H21F2N5O3S. The molecule has 3 rings (SSSR count). The Morgan fingerprint density at radius 1 is 1.07 bits per heavy atom. The Kier molecular flexibility index (Phi) is 6.35. The number of benzene rings is 1. The minimum absolute atomic E-state index is 0.00670. The molecule has 0 spiro atoms. The summed E-state index contributed by atoms with van der Waals surface area (Å²) in [5, 5.41) is 0. The van der Waals surface area contributed by atoms with Crippen molar-refractivity contribution in [3.8, 4) is 6.01 Å². The minimum Gasteiger partial charge on any atom is -0.467 e. The van der Waals surface area contributed by atoms with Gasteiger partial charge in [0.1, 0.15) is 11.6 Å². The Balaban J connectivity index is 1.71. The summed E-state index contributed by atoms with van der Waals surface area (Å²) in [6, 6.07) is 2.73. The van der Waals surface area contributed by atoms with Gasteiger partial charge in [-0.1, -0.05) is 0 Å². The van der Waals surface area contributed by atoms with Crippen molar-refractivity contribution in [3.63, 3.8) is 0 Å². The number of hydrogen-bond donors (Lipinski definition) is 1. The summed E-state index contributed by atoms with van der Waals surface area (Å²) < 4.78 is 58.5. The van der Waals surface area contributed by atoms with Crippen molar-refractivity contribution in [3.05, 3.63) is 41.2 Å². The topological polar surface area (TPSA) is 97.3 Å². The van der Waals surface area contributed by atoms with E-state index in [0.717, 1.165) is 44.5 Å². The van der Waals surface area contributed by atoms with Crippen LogP contribution in [0.1, 0.15) is 30.7 Å². The number of aromatic nitrogens is 3. The Labute approximate surface area is 162 Å². The molecule has 0 radical (unpaired) electrons. The molecule has 1 aromatic carbocycles. The van der Waals surface area contributed by atoms with Gasteiger partial charge in [0, 0.05) is 19.2 Å². The Morgan fingerprint density at radius 3 is 2.39 bits per heavy atom. The van der Waals surface area contributed by atoms with Gasteiger partial charge in [-0.15, -0.1) is 0 Å². The van der Waals surface area contributed by atoms with Gasteiger partial charge in [0.25, 0.3) is 0 Å². The fourth-order valence-electron chi connectivity index (χ4n) is 2.93. The number of nitrogens with one attached hydrogen (secondary N) is 1. The molecule has 2 aromatic rings. The summed E-state index contributed by atoms with van der Waals surface area (Å²) in [5.74, 6) is -1.60. The molecule has 1 aliphatic rings. The molecule has 0 amide bonds. The highest BCUT2D eigenvalue weighted by Gasteiger charge is 2.18. The molecule has 0 aliphatic carbocycles. The second-order valence-electron chi connectivity index (χ2n) is 6.44. The largest absolute Gasteiger partial charge is 0.467 e. The molecule has 1 saturated heterocycles. The third kappa shape index (κ3) is 5.55. The zero-order chi connectivity index (χ0) is 20.1. The van der Waals surface area contributed by atoms with Gasteiger partial charge in [-0.3, -0.25) is 0 Å². The van der Waals surface area contributed by atoms with Crippen LogP contribution in [0.4, 0.5) is 14.7 Å². The zero-order valence-electron chi connectivity index (χ0n) is 15.4. The van der Waals surface area contributed by atoms with Crippen molar-refractivity contribution < 1.29 is 21.9 Å². The van der Waals surface area contributed by atoms with Gasteiger partial charge in [-0.25, -0.2) is 21.9 Å². The second-order valence-corrected chi connectivity index (χ2v) is 8.25. The van der Waals surface area contributed by atoms with Crippen molar-refractivity contribution in [2.24, 2.45) is 0 Å². The summed E-state index contributed by atoms with van der Waals surface area (Å²) in [5.41, 5.74) is 0.00670. The van der Waals surface area contributed by atoms with Crippen LogP contribution in [0.25, 0.3) is 0 Å². The first kappa shape index (κ1) is 20.3. The van der Waals surface area contributed by atoms with Crippen LogP contribution in [0.5, 0.6) is 6.01 Å². The maximum Gasteiger partial charge on any atom is 0.321 e. The average Bonchev–Trinajstić information content (AvgIpc) is 2.66. The number of halogens is 2. The van der Waals surface area contributed by atoms with Crippen LogP contribution >= 0.6 is 0 Å². The van der Waals surface area contributed by atoms with E-state index in [1.54, 1.807) is 0 Å². The highest BCUT2D eigenvalue weighted by atomic mass is 32.2. The smallest absolute Gasteiger partial charge is 0.321 e. The molecule has 1 N–H and O–H groups in total. The molecule has 0 atom stereocenters. The van der Waals surface area contributed by atoms with Crippen LogP contribution < -0.4 is 14.4 Å². The first-order valence-corrected chi connectivity index (χ1v) is 10.5. The van der Waals surface area contributed by atoms with Gasteiger partial charge in [-0.05, 0) is 37.0 Å². The summed E-state index contributed by atoms with van der Waals surface area (Å²) >= 11 is 0. The summed E-state index contributed by atoms with van der Waals surface area (Å²) in [7, 11) is -2.44. The lowest BCUT2D eigenvalue weighted by Gasteiger charge is -2.26. The highest BCUT2D eigenvalue weighted by molar-refractivity contribution is 7.88. The molecule has 0 saturated carbocycles. The monoisotopic (exact) mass is 413 g/mol. The summed E-state index contributed by atoms with van der Waals surface area (Å²) in [6.07, 6.45) is 3.20. The van der Waals surface area contributed by atoms with Crippen molar-refractivity contribution in [1.29, 1.82) is 0 Å². The quantitative estimate of drug-likeness (QED) is 0.739. The van der Waals surface area contributed by atoms with Gasteiger partial charge >= 0.3 is 6.01 Å². The molecular weight excluding hydrogens is 392 g/mol. The van der Waals surface area contributed by atoms with E-state index < -0.39 is 27.4 Å². The number of rotatable bonds is 7. The van der Waals surface area contributed by atoms with E-state index >= 15 is 0 Å². The predicted octanol–water partition coefficient (Wildman–Crippen LogP) is 1.77. The first-order valence-electron chi connectivity index (χ1n) is 8.81. The van der Waals surface area contributed by atoms with Crippen molar-refractivity contribution >= 4 is 16.0 Å². The maximum absolute atomic E-state index is 13.3. The average molecular weight is 413 g/mol. The van der Waals surface area contributed by atoms with E-state index in [2.05, 4.69) is 19.7 Å². The molecule has 1 fully saturated rings. The Morgan fingerprint density at radius 2 is 1.75 bits per heavy atom. The summed E-state index contributed by atoms with van der Waals surface area (Å²) in [4.78, 5) is 14.6. The van der Waals surface area contributed by atoms with Crippen LogP contribution in [-0.4, -0.2) is 43.6 Å². The number of sulfonamides is 1. The van der Waals surface area contributed by atoms with E-state index in [4.69, 9.17) is 4.74 Å². The second kappa shape index (κ2) is 8.74. The van der Waals surface area contributed by atoms with Gasteiger partial charge < -0.3 is 9.64 Å². The van der Waals surface area contributed by atoms with E-state index in [1.807, 2.05) is 4.90 Å². The van der Waals surface area contributed by atoms with Gasteiger partial charge in [0.05, 0.1) is 19.4 Å². The number of hydrogen-bond acceptors (Lipinski definition) is 7. The zero-order valence-corrected chi connectivity index (χ0v) is 16.2. The normalized spacial score (nSPS) is 14.9. The number of piperidine rings is 1. The number of methoxy groups -OCH3 is 1. The van der Waals surface area contributed by atoms with Crippen LogP contribution in [0.15, 0.2) is 18.2 Å². The standard InChI is InChI=1S/C17H21F2N5O3S/c1-27-17-22-15(21-16(23-17)24-5-3-2-4-6-24)10-20-28(25,26)11-12-7-13(18)9-14(19)8-12/h7-9,20H,2-6,10-11H2,1H3. The molecule has 0 bridgehead atoms. The van der Waals surface area contributed by atoms with Crippen molar-refractivity contribution in [2.75, 3.05) is 25.1 Å². The van der Waals surface area contributed by atoms with Crippen LogP contribution in [-0.2, 0) is 22.3 Å². The predicted molar refractivity (Wildman–Crippen MR) is 98.3 cm³/mol. The van der Waals surface area contributed by atoms with E-state index in [9.17, 15) is 17.2 Å². The highest BCUT2D eigenvalue weighted by Crippen LogP contribution is 2.18. The van der Waals surface area contributed by atoms with Crippen LogP contribution in [0, 0.1) is 11.6 Å². The van der Waals surface area contributed by atoms with E-state index in [-0.39, 0.29) is 23.9 Å². The fourth-order valence-corrected chi connectivity index (χ4v) is 3.99. The van der Waals surface area contributed by atoms with E-state index in [1.165, 1.54) is 7.11 Å².